The summed E-state index contributed by atoms with van der Waals surface area (Å²) >= 11 is 0. The molecular formula is C17H25ClN6O3S. The summed E-state index contributed by atoms with van der Waals surface area (Å²) in [6, 6.07) is 9.49. The Kier molecular flexibility index (Phi) is 8.36. The van der Waals surface area contributed by atoms with E-state index in [1.54, 1.807) is 10.9 Å². The van der Waals surface area contributed by atoms with E-state index in [2.05, 4.69) is 25.7 Å². The van der Waals surface area contributed by atoms with Gasteiger partial charge in [-0.1, -0.05) is 35.5 Å². The molecule has 0 aliphatic carbocycles. The Morgan fingerprint density at radius 3 is 2.64 bits per heavy atom. The number of hydrogen-bond acceptors (Lipinski definition) is 6. The molecule has 0 spiro atoms. The van der Waals surface area contributed by atoms with Gasteiger partial charge in [-0.15, -0.1) is 17.5 Å². The molecule has 1 aliphatic heterocycles. The van der Waals surface area contributed by atoms with Crippen LogP contribution in [0.1, 0.15) is 34.9 Å². The minimum Gasteiger partial charge on any atom is -0.350 e. The van der Waals surface area contributed by atoms with Gasteiger partial charge in [0.2, 0.25) is 10.0 Å². The van der Waals surface area contributed by atoms with Gasteiger partial charge in [0.05, 0.1) is 18.0 Å². The molecule has 1 aliphatic rings. The van der Waals surface area contributed by atoms with Crippen molar-refractivity contribution in [2.45, 2.75) is 25.4 Å². The van der Waals surface area contributed by atoms with Gasteiger partial charge in [0.1, 0.15) is 0 Å². The largest absolute Gasteiger partial charge is 0.350 e. The number of halogens is 1. The lowest BCUT2D eigenvalue weighted by Crippen LogP contribution is -2.34. The van der Waals surface area contributed by atoms with Crippen molar-refractivity contribution in [1.29, 1.82) is 0 Å². The molecule has 154 valence electrons. The second kappa shape index (κ2) is 10.5. The van der Waals surface area contributed by atoms with Crippen molar-refractivity contribution in [1.82, 2.24) is 30.3 Å². The summed E-state index contributed by atoms with van der Waals surface area (Å²) in [5.41, 5.74) is 1.07. The van der Waals surface area contributed by atoms with Crippen LogP contribution in [0.2, 0.25) is 0 Å². The zero-order valence-corrected chi connectivity index (χ0v) is 17.0. The third-order valence-electron chi connectivity index (χ3n) is 4.42. The smallest absolute Gasteiger partial charge is 0.273 e. The van der Waals surface area contributed by atoms with Crippen LogP contribution in [-0.4, -0.2) is 54.7 Å². The Hall–Kier alpha value is -2.01. The maximum Gasteiger partial charge on any atom is 0.273 e. The standard InChI is InChI=1S/C17H24N6O3S.ClH/c24-17(16-13-23(22-21-16)15-6-8-18-9-7-15)19-10-11-27(25,26)20-12-14-4-2-1-3-5-14;/h1-5,13,15,18,20H,6-12H2,(H,19,24);1H. The maximum absolute atomic E-state index is 12.2. The molecule has 2 aromatic rings. The number of benzene rings is 1. The zero-order chi connectivity index (χ0) is 19.1. The SMILES string of the molecule is Cl.O=C(NCCS(=O)(=O)NCc1ccccc1)c1cn(C2CCNCC2)nn1. The van der Waals surface area contributed by atoms with Crippen molar-refractivity contribution in [3.8, 4) is 0 Å². The number of amides is 1. The van der Waals surface area contributed by atoms with Gasteiger partial charge in [-0.3, -0.25) is 4.79 Å². The zero-order valence-electron chi connectivity index (χ0n) is 15.4. The number of aromatic nitrogens is 3. The third-order valence-corrected chi connectivity index (χ3v) is 5.75. The van der Waals surface area contributed by atoms with Gasteiger partial charge in [-0.05, 0) is 31.5 Å². The van der Waals surface area contributed by atoms with Crippen LogP contribution in [0.15, 0.2) is 36.5 Å². The molecule has 3 rings (SSSR count). The van der Waals surface area contributed by atoms with E-state index in [-0.39, 0.29) is 43.0 Å². The average Bonchev–Trinajstić information content (AvgIpc) is 3.18. The highest BCUT2D eigenvalue weighted by molar-refractivity contribution is 7.89. The fraction of sp³-hybridized carbons (Fsp3) is 0.471. The molecule has 0 bridgehead atoms. The quantitative estimate of drug-likeness (QED) is 0.562. The Labute approximate surface area is 170 Å². The van der Waals surface area contributed by atoms with Crippen LogP contribution in [0.4, 0.5) is 0 Å². The Balaban J connectivity index is 0.00000280. The van der Waals surface area contributed by atoms with Crippen molar-refractivity contribution in [2.75, 3.05) is 25.4 Å². The first-order valence-corrected chi connectivity index (χ1v) is 10.6. The molecule has 0 radical (unpaired) electrons. The third kappa shape index (κ3) is 6.55. The van der Waals surface area contributed by atoms with E-state index < -0.39 is 15.9 Å². The predicted molar refractivity (Wildman–Crippen MR) is 108 cm³/mol. The number of hydrogen-bond donors (Lipinski definition) is 3. The molecular weight excluding hydrogens is 404 g/mol. The lowest BCUT2D eigenvalue weighted by Gasteiger charge is -2.22. The van der Waals surface area contributed by atoms with Crippen LogP contribution in [0, 0.1) is 0 Å². The van der Waals surface area contributed by atoms with Crippen molar-refractivity contribution < 1.29 is 13.2 Å². The maximum atomic E-state index is 12.2. The van der Waals surface area contributed by atoms with Crippen LogP contribution < -0.4 is 15.4 Å². The van der Waals surface area contributed by atoms with Gasteiger partial charge >= 0.3 is 0 Å². The van der Waals surface area contributed by atoms with Gasteiger partial charge in [0.25, 0.3) is 5.91 Å². The summed E-state index contributed by atoms with van der Waals surface area (Å²) in [7, 11) is -3.48. The van der Waals surface area contributed by atoms with Crippen molar-refractivity contribution in [2.24, 2.45) is 0 Å². The topological polar surface area (TPSA) is 118 Å². The summed E-state index contributed by atoms with van der Waals surface area (Å²) in [5.74, 6) is -0.623. The molecule has 9 nitrogen and oxygen atoms in total. The minimum atomic E-state index is -3.48. The highest BCUT2D eigenvalue weighted by Crippen LogP contribution is 2.16. The van der Waals surface area contributed by atoms with E-state index >= 15 is 0 Å². The van der Waals surface area contributed by atoms with Crippen LogP contribution >= 0.6 is 12.4 Å². The molecule has 1 fully saturated rings. The highest BCUT2D eigenvalue weighted by atomic mass is 35.5. The molecule has 11 heteroatoms. The molecule has 1 aromatic heterocycles. The number of nitrogens with zero attached hydrogens (tertiary/aromatic N) is 3. The van der Waals surface area contributed by atoms with Crippen LogP contribution in [0.5, 0.6) is 0 Å². The first kappa shape index (κ1) is 22.3. The molecule has 3 N–H and O–H groups in total. The van der Waals surface area contributed by atoms with E-state index in [1.165, 1.54) is 0 Å². The lowest BCUT2D eigenvalue weighted by molar-refractivity contribution is 0.0951. The first-order valence-electron chi connectivity index (χ1n) is 8.95. The predicted octanol–water partition coefficient (Wildman–Crippen LogP) is 0.474. The van der Waals surface area contributed by atoms with E-state index in [0.29, 0.717) is 0 Å². The second-order valence-corrected chi connectivity index (χ2v) is 8.37. The van der Waals surface area contributed by atoms with E-state index in [0.717, 1.165) is 31.5 Å². The van der Waals surface area contributed by atoms with Crippen LogP contribution in [-0.2, 0) is 16.6 Å². The molecule has 1 aromatic carbocycles. The van der Waals surface area contributed by atoms with Crippen LogP contribution in [0.3, 0.4) is 0 Å². The lowest BCUT2D eigenvalue weighted by atomic mass is 10.1. The normalized spacial score (nSPS) is 15.0. The Morgan fingerprint density at radius 2 is 1.93 bits per heavy atom. The summed E-state index contributed by atoms with van der Waals surface area (Å²) in [6.45, 7) is 2.06. The molecule has 2 heterocycles. The average molecular weight is 429 g/mol. The van der Waals surface area contributed by atoms with E-state index in [4.69, 9.17) is 0 Å². The second-order valence-electron chi connectivity index (χ2n) is 6.45. The van der Waals surface area contributed by atoms with Crippen molar-refractivity contribution >= 4 is 28.3 Å². The number of sulfonamides is 1. The van der Waals surface area contributed by atoms with Gasteiger partial charge in [-0.25, -0.2) is 17.8 Å². The van der Waals surface area contributed by atoms with E-state index in [9.17, 15) is 13.2 Å². The Morgan fingerprint density at radius 1 is 1.21 bits per heavy atom. The van der Waals surface area contributed by atoms with Crippen LogP contribution in [0.25, 0.3) is 0 Å². The van der Waals surface area contributed by atoms with Gasteiger partial charge in [-0.2, -0.15) is 0 Å². The molecule has 1 amide bonds. The summed E-state index contributed by atoms with van der Waals surface area (Å²) in [5, 5.41) is 13.8. The number of nitrogens with one attached hydrogen (secondary N) is 3. The molecule has 1 saturated heterocycles. The fourth-order valence-electron chi connectivity index (χ4n) is 2.88. The molecule has 28 heavy (non-hydrogen) atoms. The van der Waals surface area contributed by atoms with Gasteiger partial charge < -0.3 is 10.6 Å². The summed E-state index contributed by atoms with van der Waals surface area (Å²) < 4.78 is 28.3. The summed E-state index contributed by atoms with van der Waals surface area (Å²) in [4.78, 5) is 12.2. The number of piperidine rings is 1. The number of carbonyl (C=O) groups excluding carboxylic acids is 1. The van der Waals surface area contributed by atoms with Crippen molar-refractivity contribution in [3.05, 3.63) is 47.8 Å². The first-order chi connectivity index (χ1) is 13.0. The van der Waals surface area contributed by atoms with Crippen molar-refractivity contribution in [3.63, 3.8) is 0 Å². The number of rotatable bonds is 8. The summed E-state index contributed by atoms with van der Waals surface area (Å²) in [6.07, 6.45) is 3.50. The van der Waals surface area contributed by atoms with Gasteiger partial charge in [0, 0.05) is 13.1 Å². The number of carbonyl (C=O) groups is 1. The molecule has 0 saturated carbocycles. The molecule has 0 unspecified atom stereocenters. The van der Waals surface area contributed by atoms with Gasteiger partial charge in [0.15, 0.2) is 5.69 Å². The Bertz CT molecular complexity index is 853. The fourth-order valence-corrected chi connectivity index (χ4v) is 3.78. The highest BCUT2D eigenvalue weighted by Gasteiger charge is 2.19. The minimum absolute atomic E-state index is 0. The monoisotopic (exact) mass is 428 g/mol. The molecule has 0 atom stereocenters. The van der Waals surface area contributed by atoms with E-state index in [1.807, 2.05) is 30.3 Å².